The van der Waals surface area contributed by atoms with E-state index in [1.165, 1.54) is 23.1 Å². The average molecular weight is 377 g/mol. The van der Waals surface area contributed by atoms with Crippen LogP contribution >= 0.6 is 23.1 Å². The number of thioether (sulfide) groups is 1. The number of aryl methyl sites for hydroxylation is 1. The molecule has 0 unspecified atom stereocenters. The summed E-state index contributed by atoms with van der Waals surface area (Å²) >= 11 is 2.82. The van der Waals surface area contributed by atoms with Crippen LogP contribution in [0.1, 0.15) is 18.5 Å². The number of ether oxygens (including phenoxy) is 2. The Labute approximate surface area is 155 Å². The Morgan fingerprint density at radius 3 is 2.76 bits per heavy atom. The summed E-state index contributed by atoms with van der Waals surface area (Å²) in [6, 6.07) is 9.40. The summed E-state index contributed by atoms with van der Waals surface area (Å²) in [5.41, 5.74) is 0.836. The number of rotatable bonds is 9. The molecule has 0 spiro atoms. The number of amides is 1. The van der Waals surface area contributed by atoms with Gasteiger partial charge in [-0.3, -0.25) is 4.79 Å². The number of hydrogen-bond donors (Lipinski definition) is 1. The number of nitriles is 1. The second-order valence-corrected chi connectivity index (χ2v) is 7.26. The van der Waals surface area contributed by atoms with Gasteiger partial charge in [0.2, 0.25) is 5.91 Å². The van der Waals surface area contributed by atoms with Gasteiger partial charge in [-0.15, -0.1) is 0 Å². The van der Waals surface area contributed by atoms with Crippen LogP contribution in [0.25, 0.3) is 0 Å². The van der Waals surface area contributed by atoms with Gasteiger partial charge in [-0.1, -0.05) is 23.1 Å². The first-order chi connectivity index (χ1) is 12.1. The van der Waals surface area contributed by atoms with Crippen LogP contribution in [0.3, 0.4) is 0 Å². The largest absolute Gasteiger partial charge is 0.497 e. The van der Waals surface area contributed by atoms with Crippen LogP contribution < -0.4 is 14.8 Å². The molecule has 6 nitrogen and oxygen atoms in total. The van der Waals surface area contributed by atoms with E-state index in [-0.39, 0.29) is 5.91 Å². The summed E-state index contributed by atoms with van der Waals surface area (Å²) in [6.07, 6.45) is 0.966. The predicted octanol–water partition coefficient (Wildman–Crippen LogP) is 3.87. The molecule has 25 heavy (non-hydrogen) atoms. The second kappa shape index (κ2) is 9.91. The first-order valence-corrected chi connectivity index (χ1v) is 9.46. The van der Waals surface area contributed by atoms with Gasteiger partial charge in [0.25, 0.3) is 0 Å². The molecule has 0 fully saturated rings. The van der Waals surface area contributed by atoms with Gasteiger partial charge in [0.05, 0.1) is 35.4 Å². The Hall–Kier alpha value is -2.24. The highest BCUT2D eigenvalue weighted by atomic mass is 32.2. The second-order valence-electron chi connectivity index (χ2n) is 5.01. The normalized spacial score (nSPS) is 10.1. The standard InChI is InChI=1S/C17H19N3O3S2/c1-12-16(24-11-9-18)25-17(19-12)20-15(21)4-3-10-23-14-7-5-13(22-2)6-8-14/h5-8H,3-4,10-11H2,1-2H3,(H,19,20,21). The third-order valence-electron chi connectivity index (χ3n) is 3.14. The third kappa shape index (κ3) is 6.29. The summed E-state index contributed by atoms with van der Waals surface area (Å²) in [4.78, 5) is 16.3. The predicted molar refractivity (Wildman–Crippen MR) is 99.5 cm³/mol. The Kier molecular flexibility index (Phi) is 7.57. The van der Waals surface area contributed by atoms with E-state index in [9.17, 15) is 4.79 Å². The van der Waals surface area contributed by atoms with Crippen LogP contribution in [0.4, 0.5) is 5.13 Å². The Bertz CT molecular complexity index is 739. The molecule has 1 amide bonds. The van der Waals surface area contributed by atoms with Gasteiger partial charge in [0.1, 0.15) is 11.5 Å². The van der Waals surface area contributed by atoms with E-state index in [1.54, 1.807) is 7.11 Å². The van der Waals surface area contributed by atoms with Gasteiger partial charge in [-0.2, -0.15) is 5.26 Å². The minimum absolute atomic E-state index is 0.0936. The van der Waals surface area contributed by atoms with Crippen molar-refractivity contribution in [1.29, 1.82) is 5.26 Å². The fraction of sp³-hybridized carbons (Fsp3) is 0.353. The summed E-state index contributed by atoms with van der Waals surface area (Å²) in [7, 11) is 1.61. The zero-order chi connectivity index (χ0) is 18.1. The van der Waals surface area contributed by atoms with Gasteiger partial charge in [-0.05, 0) is 37.6 Å². The van der Waals surface area contributed by atoms with Crippen molar-refractivity contribution in [3.8, 4) is 17.6 Å². The Balaban J connectivity index is 1.70. The number of carbonyl (C=O) groups is 1. The molecule has 0 bridgehead atoms. The van der Waals surface area contributed by atoms with Crippen molar-refractivity contribution >= 4 is 34.1 Å². The number of benzene rings is 1. The number of nitrogens with zero attached hydrogens (tertiary/aromatic N) is 2. The number of aromatic nitrogens is 1. The van der Waals surface area contributed by atoms with Crippen molar-refractivity contribution in [2.24, 2.45) is 0 Å². The number of anilines is 1. The quantitative estimate of drug-likeness (QED) is 0.527. The minimum atomic E-state index is -0.0936. The molecule has 0 saturated heterocycles. The summed E-state index contributed by atoms with van der Waals surface area (Å²) in [5, 5.41) is 12.0. The average Bonchev–Trinajstić information content (AvgIpc) is 2.96. The van der Waals surface area contributed by atoms with Gasteiger partial charge >= 0.3 is 0 Å². The molecule has 132 valence electrons. The maximum absolute atomic E-state index is 12.0. The molecule has 0 saturated carbocycles. The van der Waals surface area contributed by atoms with Crippen LogP contribution in [0.5, 0.6) is 11.5 Å². The molecule has 0 aliphatic rings. The van der Waals surface area contributed by atoms with E-state index in [0.29, 0.717) is 30.3 Å². The van der Waals surface area contributed by atoms with Crippen molar-refractivity contribution in [2.45, 2.75) is 24.0 Å². The van der Waals surface area contributed by atoms with E-state index in [1.807, 2.05) is 31.2 Å². The van der Waals surface area contributed by atoms with E-state index >= 15 is 0 Å². The first kappa shape index (κ1) is 19.1. The molecular formula is C17H19N3O3S2. The first-order valence-electron chi connectivity index (χ1n) is 7.66. The number of nitrogens with one attached hydrogen (secondary N) is 1. The molecule has 2 aromatic rings. The van der Waals surface area contributed by atoms with Gasteiger partial charge in [0, 0.05) is 6.42 Å². The lowest BCUT2D eigenvalue weighted by Crippen LogP contribution is -2.12. The summed E-state index contributed by atoms with van der Waals surface area (Å²) < 4.78 is 11.6. The third-order valence-corrected chi connectivity index (χ3v) is 5.45. The lowest BCUT2D eigenvalue weighted by Gasteiger charge is -2.07. The topological polar surface area (TPSA) is 84.2 Å². The molecule has 0 aliphatic heterocycles. The van der Waals surface area contributed by atoms with Crippen molar-refractivity contribution < 1.29 is 14.3 Å². The highest BCUT2D eigenvalue weighted by Crippen LogP contribution is 2.31. The Morgan fingerprint density at radius 1 is 1.36 bits per heavy atom. The molecule has 1 aromatic carbocycles. The zero-order valence-corrected chi connectivity index (χ0v) is 15.7. The van der Waals surface area contributed by atoms with Crippen LogP contribution in [0, 0.1) is 18.3 Å². The molecule has 0 atom stereocenters. The van der Waals surface area contributed by atoms with E-state index in [4.69, 9.17) is 14.7 Å². The van der Waals surface area contributed by atoms with Crippen LogP contribution in [0.15, 0.2) is 28.5 Å². The number of carbonyl (C=O) groups excluding carboxylic acids is 1. The maximum atomic E-state index is 12.0. The number of methoxy groups -OCH3 is 1. The molecule has 0 radical (unpaired) electrons. The van der Waals surface area contributed by atoms with E-state index in [0.717, 1.165) is 21.4 Å². The van der Waals surface area contributed by atoms with Crippen molar-refractivity contribution in [1.82, 2.24) is 4.98 Å². The maximum Gasteiger partial charge on any atom is 0.226 e. The smallest absolute Gasteiger partial charge is 0.226 e. The zero-order valence-electron chi connectivity index (χ0n) is 14.1. The van der Waals surface area contributed by atoms with Crippen LogP contribution in [-0.4, -0.2) is 30.4 Å². The van der Waals surface area contributed by atoms with Crippen molar-refractivity contribution in [2.75, 3.05) is 24.8 Å². The van der Waals surface area contributed by atoms with Gasteiger partial charge in [-0.25, -0.2) is 4.98 Å². The molecule has 2 rings (SSSR count). The minimum Gasteiger partial charge on any atom is -0.497 e. The highest BCUT2D eigenvalue weighted by Gasteiger charge is 2.10. The van der Waals surface area contributed by atoms with E-state index < -0.39 is 0 Å². The lowest BCUT2D eigenvalue weighted by molar-refractivity contribution is -0.116. The van der Waals surface area contributed by atoms with Gasteiger partial charge < -0.3 is 14.8 Å². The number of hydrogen-bond acceptors (Lipinski definition) is 7. The fourth-order valence-electron chi connectivity index (χ4n) is 1.94. The Morgan fingerprint density at radius 2 is 2.08 bits per heavy atom. The molecule has 1 N–H and O–H groups in total. The molecule has 8 heteroatoms. The van der Waals surface area contributed by atoms with Gasteiger partial charge in [0.15, 0.2) is 5.13 Å². The SMILES string of the molecule is COc1ccc(OCCCC(=O)Nc2nc(C)c(SCC#N)s2)cc1. The fourth-order valence-corrected chi connectivity index (χ4v) is 3.76. The molecule has 0 aliphatic carbocycles. The highest BCUT2D eigenvalue weighted by molar-refractivity contribution is 8.01. The van der Waals surface area contributed by atoms with Crippen molar-refractivity contribution in [3.63, 3.8) is 0 Å². The van der Waals surface area contributed by atoms with Crippen molar-refractivity contribution in [3.05, 3.63) is 30.0 Å². The number of thiazole rings is 1. The lowest BCUT2D eigenvalue weighted by atomic mass is 10.3. The summed E-state index contributed by atoms with van der Waals surface area (Å²) in [5.74, 6) is 1.80. The molecule has 1 aromatic heterocycles. The van der Waals surface area contributed by atoms with Crippen LogP contribution in [0.2, 0.25) is 0 Å². The van der Waals surface area contributed by atoms with E-state index in [2.05, 4.69) is 16.4 Å². The molecule has 1 heterocycles. The van der Waals surface area contributed by atoms with Crippen LogP contribution in [-0.2, 0) is 4.79 Å². The summed E-state index contributed by atoms with van der Waals surface area (Å²) in [6.45, 7) is 2.33. The molecular weight excluding hydrogens is 358 g/mol. The monoisotopic (exact) mass is 377 g/mol.